The highest BCUT2D eigenvalue weighted by atomic mass is 35.5. The minimum atomic E-state index is 0.740. The molecule has 0 radical (unpaired) electrons. The minimum Gasteiger partial charge on any atom is -0.493 e. The van der Waals surface area contributed by atoms with Gasteiger partial charge in [-0.25, -0.2) is 0 Å². The molecule has 0 saturated carbocycles. The quantitative estimate of drug-likeness (QED) is 0.639. The first kappa shape index (κ1) is 11.3. The lowest BCUT2D eigenvalue weighted by molar-refractivity contribution is 0.352. The topological polar surface area (TPSA) is 21.3 Å². The van der Waals surface area contributed by atoms with Crippen molar-refractivity contribution in [2.75, 3.05) is 13.2 Å². The van der Waals surface area contributed by atoms with Crippen LogP contribution in [0.2, 0.25) is 5.02 Å². The Bertz CT molecular complexity index is 423. The van der Waals surface area contributed by atoms with Gasteiger partial charge in [0.2, 0.25) is 0 Å². The van der Waals surface area contributed by atoms with Gasteiger partial charge in [0.1, 0.15) is 5.75 Å². The van der Waals surface area contributed by atoms with Gasteiger partial charge in [-0.1, -0.05) is 11.6 Å². The fourth-order valence-electron chi connectivity index (χ4n) is 1.86. The standard InChI is InChI=1S/C13H14ClNO/c1-2-3-5-15-9-11-8-12(14)7-10-4-6-16-13(10)11/h1,7-8,15H,3-6,9H2. The Morgan fingerprint density at radius 1 is 1.50 bits per heavy atom. The first-order valence-electron chi connectivity index (χ1n) is 5.39. The molecule has 0 amide bonds. The summed E-state index contributed by atoms with van der Waals surface area (Å²) >= 11 is 6.05. The van der Waals surface area contributed by atoms with E-state index in [1.807, 2.05) is 12.1 Å². The molecule has 1 aromatic carbocycles. The van der Waals surface area contributed by atoms with Crippen LogP contribution in [-0.4, -0.2) is 13.2 Å². The third-order valence-electron chi connectivity index (χ3n) is 2.59. The fourth-order valence-corrected chi connectivity index (χ4v) is 2.12. The van der Waals surface area contributed by atoms with Crippen molar-refractivity contribution >= 4 is 11.6 Å². The molecule has 0 aromatic heterocycles. The normalized spacial score (nSPS) is 13.0. The Balaban J connectivity index is 2.06. The molecule has 1 N–H and O–H groups in total. The first-order chi connectivity index (χ1) is 7.81. The lowest BCUT2D eigenvalue weighted by atomic mass is 10.1. The number of ether oxygens (including phenoxy) is 1. The third kappa shape index (κ3) is 2.49. The van der Waals surface area contributed by atoms with Gasteiger partial charge < -0.3 is 10.1 Å². The molecular formula is C13H14ClNO. The maximum atomic E-state index is 6.05. The van der Waals surface area contributed by atoms with Gasteiger partial charge in [0, 0.05) is 36.5 Å². The van der Waals surface area contributed by atoms with Gasteiger partial charge in [0.15, 0.2) is 0 Å². The Morgan fingerprint density at radius 2 is 2.38 bits per heavy atom. The zero-order valence-electron chi connectivity index (χ0n) is 9.05. The molecule has 0 fully saturated rings. The molecule has 2 nitrogen and oxygen atoms in total. The lowest BCUT2D eigenvalue weighted by Gasteiger charge is -2.09. The summed E-state index contributed by atoms with van der Waals surface area (Å²) in [7, 11) is 0. The molecule has 0 atom stereocenters. The van der Waals surface area contributed by atoms with Crippen LogP contribution in [0.3, 0.4) is 0 Å². The van der Waals surface area contributed by atoms with E-state index in [0.29, 0.717) is 0 Å². The molecule has 0 bridgehead atoms. The summed E-state index contributed by atoms with van der Waals surface area (Å²) in [6, 6.07) is 3.93. The van der Waals surface area contributed by atoms with Gasteiger partial charge >= 0.3 is 0 Å². The van der Waals surface area contributed by atoms with Gasteiger partial charge in [0.05, 0.1) is 6.61 Å². The van der Waals surface area contributed by atoms with Crippen molar-refractivity contribution in [1.29, 1.82) is 0 Å². The highest BCUT2D eigenvalue weighted by molar-refractivity contribution is 6.30. The number of rotatable bonds is 4. The van der Waals surface area contributed by atoms with E-state index in [2.05, 4.69) is 11.2 Å². The van der Waals surface area contributed by atoms with E-state index in [1.54, 1.807) is 0 Å². The van der Waals surface area contributed by atoms with E-state index in [9.17, 15) is 0 Å². The van der Waals surface area contributed by atoms with Crippen molar-refractivity contribution < 1.29 is 4.74 Å². The van der Waals surface area contributed by atoms with Crippen LogP contribution < -0.4 is 10.1 Å². The van der Waals surface area contributed by atoms with Crippen molar-refractivity contribution in [1.82, 2.24) is 5.32 Å². The zero-order chi connectivity index (χ0) is 11.4. The molecule has 84 valence electrons. The highest BCUT2D eigenvalue weighted by Gasteiger charge is 2.16. The molecule has 1 heterocycles. The predicted octanol–water partition coefficient (Wildman–Crippen LogP) is 2.39. The molecular weight excluding hydrogens is 222 g/mol. The van der Waals surface area contributed by atoms with E-state index in [4.69, 9.17) is 22.8 Å². The van der Waals surface area contributed by atoms with Crippen LogP contribution in [0.15, 0.2) is 12.1 Å². The summed E-state index contributed by atoms with van der Waals surface area (Å²) in [5, 5.41) is 4.05. The number of fused-ring (bicyclic) bond motifs is 1. The second-order valence-corrected chi connectivity index (χ2v) is 4.22. The van der Waals surface area contributed by atoms with E-state index < -0.39 is 0 Å². The van der Waals surface area contributed by atoms with Crippen molar-refractivity contribution in [3.63, 3.8) is 0 Å². The number of terminal acetylenes is 1. The molecule has 0 spiro atoms. The molecule has 1 aliphatic rings. The van der Waals surface area contributed by atoms with Gasteiger partial charge in [-0.05, 0) is 17.7 Å². The average molecular weight is 236 g/mol. The SMILES string of the molecule is C#CCCNCc1cc(Cl)cc2c1OCC2. The monoisotopic (exact) mass is 235 g/mol. The molecule has 2 rings (SSSR count). The van der Waals surface area contributed by atoms with Crippen LogP contribution >= 0.6 is 11.6 Å². The number of hydrogen-bond donors (Lipinski definition) is 1. The van der Waals surface area contributed by atoms with Gasteiger partial charge in [-0.2, -0.15) is 0 Å². The summed E-state index contributed by atoms with van der Waals surface area (Å²) in [6.07, 6.45) is 6.88. The molecule has 16 heavy (non-hydrogen) atoms. The number of nitrogens with one attached hydrogen (secondary N) is 1. The Labute approximate surface area is 101 Å². The molecule has 0 unspecified atom stereocenters. The van der Waals surface area contributed by atoms with E-state index in [0.717, 1.165) is 48.9 Å². The lowest BCUT2D eigenvalue weighted by Crippen LogP contribution is -2.14. The van der Waals surface area contributed by atoms with Crippen LogP contribution in [0.1, 0.15) is 17.5 Å². The number of halogens is 1. The highest BCUT2D eigenvalue weighted by Crippen LogP contribution is 2.32. The van der Waals surface area contributed by atoms with E-state index >= 15 is 0 Å². The summed E-state index contributed by atoms with van der Waals surface area (Å²) in [5.41, 5.74) is 2.33. The maximum Gasteiger partial charge on any atom is 0.127 e. The Kier molecular flexibility index (Phi) is 3.71. The van der Waals surface area contributed by atoms with Crippen molar-refractivity contribution in [2.24, 2.45) is 0 Å². The molecule has 0 saturated heterocycles. The van der Waals surface area contributed by atoms with E-state index in [-0.39, 0.29) is 0 Å². The van der Waals surface area contributed by atoms with Gasteiger partial charge in [0.25, 0.3) is 0 Å². The smallest absolute Gasteiger partial charge is 0.127 e. The van der Waals surface area contributed by atoms with Crippen LogP contribution in [-0.2, 0) is 13.0 Å². The van der Waals surface area contributed by atoms with Gasteiger partial charge in [-0.3, -0.25) is 0 Å². The van der Waals surface area contributed by atoms with Crippen molar-refractivity contribution in [2.45, 2.75) is 19.4 Å². The van der Waals surface area contributed by atoms with E-state index in [1.165, 1.54) is 5.56 Å². The summed E-state index contributed by atoms with van der Waals surface area (Å²) in [6.45, 7) is 2.33. The van der Waals surface area contributed by atoms with Crippen LogP contribution in [0, 0.1) is 12.3 Å². The number of hydrogen-bond acceptors (Lipinski definition) is 2. The average Bonchev–Trinajstić information content (AvgIpc) is 2.72. The van der Waals surface area contributed by atoms with Crippen molar-refractivity contribution in [3.05, 3.63) is 28.3 Å². The minimum absolute atomic E-state index is 0.740. The largest absolute Gasteiger partial charge is 0.493 e. The van der Waals surface area contributed by atoms with Gasteiger partial charge in [-0.15, -0.1) is 12.3 Å². The molecule has 1 aliphatic heterocycles. The van der Waals surface area contributed by atoms with Crippen LogP contribution in [0.4, 0.5) is 0 Å². The molecule has 3 heteroatoms. The summed E-state index contributed by atoms with van der Waals surface area (Å²) in [4.78, 5) is 0. The fraction of sp³-hybridized carbons (Fsp3) is 0.385. The van der Waals surface area contributed by atoms with Crippen LogP contribution in [0.25, 0.3) is 0 Å². The van der Waals surface area contributed by atoms with Crippen LogP contribution in [0.5, 0.6) is 5.75 Å². The predicted molar refractivity (Wildman–Crippen MR) is 65.8 cm³/mol. The third-order valence-corrected chi connectivity index (χ3v) is 2.81. The number of benzene rings is 1. The first-order valence-corrected chi connectivity index (χ1v) is 5.77. The second-order valence-electron chi connectivity index (χ2n) is 3.78. The molecule has 0 aliphatic carbocycles. The molecule has 1 aromatic rings. The second kappa shape index (κ2) is 5.25. The summed E-state index contributed by atoms with van der Waals surface area (Å²) < 4.78 is 5.60. The zero-order valence-corrected chi connectivity index (χ0v) is 9.81. The summed E-state index contributed by atoms with van der Waals surface area (Å²) in [5.74, 6) is 3.60. The Morgan fingerprint density at radius 3 is 3.19 bits per heavy atom. The van der Waals surface area contributed by atoms with Crippen molar-refractivity contribution in [3.8, 4) is 18.1 Å². The maximum absolute atomic E-state index is 6.05. The Hall–Kier alpha value is -1.17.